The molecule has 0 aromatic carbocycles. The van der Waals surface area contributed by atoms with Crippen LogP contribution < -0.4 is 10.6 Å². The molecular formula is C11H22N2O2. The van der Waals surface area contributed by atoms with E-state index in [4.69, 9.17) is 4.74 Å². The molecule has 1 rings (SSSR count). The van der Waals surface area contributed by atoms with Gasteiger partial charge in [0.05, 0.1) is 12.0 Å². The molecule has 0 saturated carbocycles. The minimum atomic E-state index is 0.0594. The molecule has 4 nitrogen and oxygen atoms in total. The van der Waals surface area contributed by atoms with Crippen LogP contribution in [0.2, 0.25) is 0 Å². The van der Waals surface area contributed by atoms with Crippen molar-refractivity contribution in [3.8, 4) is 0 Å². The Bertz CT molecular complexity index is 197. The van der Waals surface area contributed by atoms with E-state index < -0.39 is 0 Å². The first-order valence-electron chi connectivity index (χ1n) is 5.85. The van der Waals surface area contributed by atoms with E-state index in [0.717, 1.165) is 39.1 Å². The van der Waals surface area contributed by atoms with Crippen LogP contribution in [-0.2, 0) is 9.53 Å². The molecule has 4 heteroatoms. The highest BCUT2D eigenvalue weighted by Gasteiger charge is 2.30. The first-order chi connectivity index (χ1) is 7.25. The molecule has 88 valence electrons. The van der Waals surface area contributed by atoms with Gasteiger partial charge >= 0.3 is 0 Å². The Labute approximate surface area is 91.8 Å². The van der Waals surface area contributed by atoms with Crippen molar-refractivity contribution < 1.29 is 9.53 Å². The maximum atomic E-state index is 11.7. The summed E-state index contributed by atoms with van der Waals surface area (Å²) >= 11 is 0. The minimum Gasteiger partial charge on any atom is -0.378 e. The molecule has 2 unspecified atom stereocenters. The average molecular weight is 214 g/mol. The number of amides is 1. The summed E-state index contributed by atoms with van der Waals surface area (Å²) in [6.07, 6.45) is 1.93. The highest BCUT2D eigenvalue weighted by molar-refractivity contribution is 5.79. The lowest BCUT2D eigenvalue weighted by atomic mass is 10.0. The first kappa shape index (κ1) is 12.5. The third-order valence-electron chi connectivity index (χ3n) is 2.79. The summed E-state index contributed by atoms with van der Waals surface area (Å²) in [6, 6.07) is 0. The molecule has 1 heterocycles. The largest absolute Gasteiger partial charge is 0.378 e. The van der Waals surface area contributed by atoms with E-state index in [2.05, 4.69) is 17.6 Å². The van der Waals surface area contributed by atoms with Gasteiger partial charge in [-0.25, -0.2) is 0 Å². The van der Waals surface area contributed by atoms with Crippen molar-refractivity contribution in [1.82, 2.24) is 10.6 Å². The van der Waals surface area contributed by atoms with Gasteiger partial charge in [0.15, 0.2) is 0 Å². The number of nitrogens with one attached hydrogen (secondary N) is 2. The Morgan fingerprint density at radius 3 is 2.87 bits per heavy atom. The molecule has 0 aromatic rings. The minimum absolute atomic E-state index is 0.0594. The van der Waals surface area contributed by atoms with Gasteiger partial charge in [-0.2, -0.15) is 0 Å². The zero-order chi connectivity index (χ0) is 11.1. The van der Waals surface area contributed by atoms with Crippen LogP contribution in [-0.4, -0.2) is 38.3 Å². The fourth-order valence-electron chi connectivity index (χ4n) is 1.81. The summed E-state index contributed by atoms with van der Waals surface area (Å²) in [7, 11) is 0. The molecule has 0 spiro atoms. The van der Waals surface area contributed by atoms with Gasteiger partial charge < -0.3 is 15.4 Å². The van der Waals surface area contributed by atoms with Crippen molar-refractivity contribution in [1.29, 1.82) is 0 Å². The highest BCUT2D eigenvalue weighted by Crippen LogP contribution is 2.20. The van der Waals surface area contributed by atoms with Crippen LogP contribution in [0.5, 0.6) is 0 Å². The van der Waals surface area contributed by atoms with E-state index in [1.54, 1.807) is 0 Å². The van der Waals surface area contributed by atoms with Crippen LogP contribution in [0, 0.1) is 5.92 Å². The van der Waals surface area contributed by atoms with Crippen LogP contribution in [0.4, 0.5) is 0 Å². The van der Waals surface area contributed by atoms with Crippen molar-refractivity contribution in [2.45, 2.75) is 32.8 Å². The molecule has 1 fully saturated rings. The second-order valence-electron chi connectivity index (χ2n) is 3.97. The van der Waals surface area contributed by atoms with E-state index >= 15 is 0 Å². The van der Waals surface area contributed by atoms with Gasteiger partial charge in [-0.3, -0.25) is 4.79 Å². The number of rotatable bonds is 6. The molecule has 0 bridgehead atoms. The molecule has 0 radical (unpaired) electrons. The molecule has 1 aliphatic rings. The molecule has 0 aliphatic carbocycles. The summed E-state index contributed by atoms with van der Waals surface area (Å²) < 4.78 is 5.36. The van der Waals surface area contributed by atoms with Crippen molar-refractivity contribution in [2.75, 3.05) is 26.2 Å². The normalized spacial score (nSPS) is 25.5. The van der Waals surface area contributed by atoms with Crippen molar-refractivity contribution in [2.24, 2.45) is 5.92 Å². The van der Waals surface area contributed by atoms with Gasteiger partial charge in [-0.1, -0.05) is 6.92 Å². The van der Waals surface area contributed by atoms with Crippen LogP contribution >= 0.6 is 0 Å². The molecule has 15 heavy (non-hydrogen) atoms. The fraction of sp³-hybridized carbons (Fsp3) is 0.909. The summed E-state index contributed by atoms with van der Waals surface area (Å²) in [4.78, 5) is 11.7. The lowest BCUT2D eigenvalue weighted by Crippen LogP contribution is -2.35. The van der Waals surface area contributed by atoms with E-state index in [0.29, 0.717) is 0 Å². The van der Waals surface area contributed by atoms with E-state index in [-0.39, 0.29) is 17.9 Å². The number of carbonyl (C=O) groups is 1. The molecule has 1 amide bonds. The molecular weight excluding hydrogens is 192 g/mol. The van der Waals surface area contributed by atoms with E-state index in [9.17, 15) is 4.79 Å². The highest BCUT2D eigenvalue weighted by atomic mass is 16.5. The second kappa shape index (κ2) is 6.80. The molecule has 1 aliphatic heterocycles. The second-order valence-corrected chi connectivity index (χ2v) is 3.97. The molecule has 2 atom stereocenters. The van der Waals surface area contributed by atoms with Crippen molar-refractivity contribution >= 4 is 5.91 Å². The van der Waals surface area contributed by atoms with E-state index in [1.807, 2.05) is 6.92 Å². The Kier molecular flexibility index (Phi) is 5.65. The van der Waals surface area contributed by atoms with Crippen molar-refractivity contribution in [3.63, 3.8) is 0 Å². The van der Waals surface area contributed by atoms with Gasteiger partial charge in [0.25, 0.3) is 0 Å². The van der Waals surface area contributed by atoms with Crippen LogP contribution in [0.25, 0.3) is 0 Å². The summed E-state index contributed by atoms with van der Waals surface area (Å²) in [6.45, 7) is 7.48. The number of carbonyl (C=O) groups excluding carboxylic acids is 1. The lowest BCUT2D eigenvalue weighted by molar-refractivity contribution is -0.126. The molecule has 2 N–H and O–H groups in total. The first-order valence-corrected chi connectivity index (χ1v) is 5.85. The van der Waals surface area contributed by atoms with Gasteiger partial charge in [0.2, 0.25) is 5.91 Å². The van der Waals surface area contributed by atoms with Gasteiger partial charge in [-0.15, -0.1) is 0 Å². The molecule has 0 aromatic heterocycles. The summed E-state index contributed by atoms with van der Waals surface area (Å²) in [5.41, 5.74) is 0. The number of ether oxygens (including phenoxy) is 1. The monoisotopic (exact) mass is 214 g/mol. The van der Waals surface area contributed by atoms with Gasteiger partial charge in [0, 0.05) is 13.2 Å². The predicted molar refractivity (Wildman–Crippen MR) is 59.7 cm³/mol. The maximum absolute atomic E-state index is 11.7. The van der Waals surface area contributed by atoms with Crippen molar-refractivity contribution in [3.05, 3.63) is 0 Å². The Morgan fingerprint density at radius 2 is 2.27 bits per heavy atom. The summed E-state index contributed by atoms with van der Waals surface area (Å²) in [5, 5.41) is 6.18. The number of hydrogen-bond acceptors (Lipinski definition) is 3. The van der Waals surface area contributed by atoms with Crippen LogP contribution in [0.3, 0.4) is 0 Å². The van der Waals surface area contributed by atoms with Crippen LogP contribution in [0.1, 0.15) is 26.7 Å². The summed E-state index contributed by atoms with van der Waals surface area (Å²) in [5.74, 6) is 0.209. The smallest absolute Gasteiger partial charge is 0.225 e. The SMILES string of the molecule is CCNCCCNC(=O)C1CCOC1C. The van der Waals surface area contributed by atoms with Gasteiger partial charge in [0.1, 0.15) is 0 Å². The fourth-order valence-corrected chi connectivity index (χ4v) is 1.81. The predicted octanol–water partition coefficient (Wildman–Crippen LogP) is 0.527. The topological polar surface area (TPSA) is 50.4 Å². The number of hydrogen-bond donors (Lipinski definition) is 2. The zero-order valence-corrected chi connectivity index (χ0v) is 9.71. The maximum Gasteiger partial charge on any atom is 0.225 e. The zero-order valence-electron chi connectivity index (χ0n) is 9.71. The Morgan fingerprint density at radius 1 is 1.47 bits per heavy atom. The Hall–Kier alpha value is -0.610. The average Bonchev–Trinajstić information content (AvgIpc) is 2.64. The third-order valence-corrected chi connectivity index (χ3v) is 2.79. The lowest BCUT2D eigenvalue weighted by Gasteiger charge is -2.13. The third kappa shape index (κ3) is 4.18. The van der Waals surface area contributed by atoms with Gasteiger partial charge in [-0.05, 0) is 32.9 Å². The Balaban J connectivity index is 2.08. The van der Waals surface area contributed by atoms with Crippen LogP contribution in [0.15, 0.2) is 0 Å². The standard InChI is InChI=1S/C11H22N2O2/c1-3-12-6-4-7-13-11(14)10-5-8-15-9(10)2/h9-10,12H,3-8H2,1-2H3,(H,13,14). The quantitative estimate of drug-likeness (QED) is 0.634. The van der Waals surface area contributed by atoms with E-state index in [1.165, 1.54) is 0 Å². The molecule has 1 saturated heterocycles.